The number of hydrogen-bond acceptors (Lipinski definition) is 4. The molecule has 3 aromatic rings. The molecule has 5 rings (SSSR count). The van der Waals surface area contributed by atoms with Crippen molar-refractivity contribution in [2.24, 2.45) is 18.9 Å². The van der Waals surface area contributed by atoms with Crippen LogP contribution in [0.3, 0.4) is 0 Å². The number of imidazole rings is 1. The minimum atomic E-state index is -4.41. The van der Waals surface area contributed by atoms with Gasteiger partial charge in [-0.15, -0.1) is 0 Å². The second-order valence-corrected chi connectivity index (χ2v) is 10.9. The van der Waals surface area contributed by atoms with Gasteiger partial charge in [-0.1, -0.05) is 6.07 Å². The van der Waals surface area contributed by atoms with Crippen molar-refractivity contribution in [1.29, 1.82) is 0 Å². The molecule has 0 saturated heterocycles. The van der Waals surface area contributed by atoms with E-state index >= 15 is 0 Å². The molecule has 40 heavy (non-hydrogen) atoms. The number of rotatable bonds is 9. The molecule has 0 unspecified atom stereocenters. The van der Waals surface area contributed by atoms with Crippen molar-refractivity contribution in [3.05, 3.63) is 47.5 Å². The van der Waals surface area contributed by atoms with Crippen LogP contribution in [0.25, 0.3) is 11.0 Å². The van der Waals surface area contributed by atoms with E-state index in [4.69, 9.17) is 0 Å². The molecule has 13 heteroatoms. The molecule has 0 aliphatic heterocycles. The van der Waals surface area contributed by atoms with E-state index in [0.29, 0.717) is 22.6 Å². The Morgan fingerprint density at radius 3 is 2.40 bits per heavy atom. The predicted octanol–water partition coefficient (Wildman–Crippen LogP) is 5.50. The number of carbonyl (C=O) groups is 2. The molecule has 0 spiro atoms. The molecule has 2 fully saturated rings. The third-order valence-corrected chi connectivity index (χ3v) is 7.80. The first-order valence-corrected chi connectivity index (χ1v) is 13.4. The monoisotopic (exact) mass is 566 g/mol. The molecule has 0 radical (unpaired) electrons. The lowest BCUT2D eigenvalue weighted by molar-refractivity contribution is -0.144. The van der Waals surface area contributed by atoms with Crippen molar-refractivity contribution in [3.63, 3.8) is 0 Å². The normalized spacial score (nSPS) is 19.4. The lowest BCUT2D eigenvalue weighted by atomic mass is 9.81. The standard InChI is InChI=1S/C27H31F5N6O2/c1-38-20(9-13-33-38)25(40)37-23(16-6-10-26(28,29)11-7-16)24-34-18-5-4-17(14-19(18)35-24)22(15-2-3-15)36-21(39)8-12-27(30,31)32/h4-5,9,13-16,22-23H,2-3,6-8,10-12H2,1H3,(H,34,35)(H,36,39)(H,37,40)/t22-,23+/m1/s1. The highest BCUT2D eigenvalue weighted by Gasteiger charge is 2.40. The van der Waals surface area contributed by atoms with Gasteiger partial charge < -0.3 is 15.6 Å². The summed E-state index contributed by atoms with van der Waals surface area (Å²) in [4.78, 5) is 33.2. The summed E-state index contributed by atoms with van der Waals surface area (Å²) in [5.41, 5.74) is 2.25. The number of fused-ring (bicyclic) bond motifs is 1. The molecule has 8 nitrogen and oxygen atoms in total. The number of amides is 2. The van der Waals surface area contributed by atoms with Gasteiger partial charge in [0.15, 0.2) is 0 Å². The first-order chi connectivity index (χ1) is 18.9. The van der Waals surface area contributed by atoms with Gasteiger partial charge in [0, 0.05) is 32.5 Å². The number of carbonyl (C=O) groups excluding carboxylic acids is 2. The van der Waals surface area contributed by atoms with Crippen molar-refractivity contribution in [2.75, 3.05) is 0 Å². The van der Waals surface area contributed by atoms with Gasteiger partial charge in [-0.2, -0.15) is 18.3 Å². The molecule has 2 aromatic heterocycles. The van der Waals surface area contributed by atoms with E-state index in [0.717, 1.165) is 18.4 Å². The molecule has 216 valence electrons. The van der Waals surface area contributed by atoms with Crippen molar-refractivity contribution in [3.8, 4) is 0 Å². The lowest BCUT2D eigenvalue weighted by Gasteiger charge is -2.33. The van der Waals surface area contributed by atoms with Crippen molar-refractivity contribution in [1.82, 2.24) is 30.4 Å². The van der Waals surface area contributed by atoms with Crippen LogP contribution in [0.1, 0.15) is 85.3 Å². The number of aromatic amines is 1. The fourth-order valence-electron chi connectivity index (χ4n) is 5.41. The van der Waals surface area contributed by atoms with E-state index < -0.39 is 48.8 Å². The second-order valence-electron chi connectivity index (χ2n) is 10.9. The first-order valence-electron chi connectivity index (χ1n) is 13.4. The summed E-state index contributed by atoms with van der Waals surface area (Å²) >= 11 is 0. The average Bonchev–Trinajstić information content (AvgIpc) is 3.49. The Balaban J connectivity index is 1.39. The van der Waals surface area contributed by atoms with Gasteiger partial charge in [-0.3, -0.25) is 14.3 Å². The number of alkyl halides is 5. The molecule has 3 N–H and O–H groups in total. The Hall–Kier alpha value is -3.51. The largest absolute Gasteiger partial charge is 0.389 e. The van der Waals surface area contributed by atoms with E-state index in [1.54, 1.807) is 31.3 Å². The van der Waals surface area contributed by atoms with Crippen molar-refractivity contribution < 1.29 is 31.5 Å². The molecule has 2 heterocycles. The predicted molar refractivity (Wildman–Crippen MR) is 135 cm³/mol. The Morgan fingerprint density at radius 1 is 1.07 bits per heavy atom. The van der Waals surface area contributed by atoms with Crippen LogP contribution in [0.5, 0.6) is 0 Å². The van der Waals surface area contributed by atoms with Crippen molar-refractivity contribution in [2.45, 2.75) is 75.5 Å². The summed E-state index contributed by atoms with van der Waals surface area (Å²) in [5.74, 6) is -3.52. The second kappa shape index (κ2) is 10.8. The number of nitrogens with zero attached hydrogens (tertiary/aromatic N) is 3. The number of H-pyrrole nitrogens is 1. The van der Waals surface area contributed by atoms with Crippen LogP contribution in [-0.2, 0) is 11.8 Å². The number of nitrogens with one attached hydrogen (secondary N) is 3. The zero-order valence-electron chi connectivity index (χ0n) is 21.9. The summed E-state index contributed by atoms with van der Waals surface area (Å²) < 4.78 is 67.0. The van der Waals surface area contributed by atoms with Crippen LogP contribution in [-0.4, -0.2) is 43.7 Å². The van der Waals surface area contributed by atoms with Crippen LogP contribution >= 0.6 is 0 Å². The van der Waals surface area contributed by atoms with Crippen LogP contribution in [0.4, 0.5) is 22.0 Å². The first kappa shape index (κ1) is 28.0. The molecule has 0 bridgehead atoms. The molecule has 2 amide bonds. The van der Waals surface area contributed by atoms with E-state index in [2.05, 4.69) is 25.7 Å². The van der Waals surface area contributed by atoms with E-state index in [9.17, 15) is 31.5 Å². The molecule has 2 saturated carbocycles. The van der Waals surface area contributed by atoms with E-state index in [1.165, 1.54) is 10.9 Å². The zero-order valence-corrected chi connectivity index (χ0v) is 21.9. The molecule has 2 aliphatic carbocycles. The zero-order chi connectivity index (χ0) is 28.7. The van der Waals surface area contributed by atoms with Crippen LogP contribution < -0.4 is 10.6 Å². The number of benzene rings is 1. The van der Waals surface area contributed by atoms with Crippen molar-refractivity contribution >= 4 is 22.8 Å². The summed E-state index contributed by atoms with van der Waals surface area (Å²) in [6.45, 7) is 0. The van der Waals surface area contributed by atoms with E-state index in [-0.39, 0.29) is 37.5 Å². The highest BCUT2D eigenvalue weighted by atomic mass is 19.4. The van der Waals surface area contributed by atoms with Gasteiger partial charge in [0.2, 0.25) is 11.8 Å². The quantitative estimate of drug-likeness (QED) is 0.298. The third-order valence-electron chi connectivity index (χ3n) is 7.80. The Morgan fingerprint density at radius 2 is 1.77 bits per heavy atom. The highest BCUT2D eigenvalue weighted by molar-refractivity contribution is 5.92. The summed E-state index contributed by atoms with van der Waals surface area (Å²) in [6.07, 6.45) is -3.18. The van der Waals surface area contributed by atoms with Gasteiger partial charge in [0.1, 0.15) is 11.5 Å². The van der Waals surface area contributed by atoms with Gasteiger partial charge in [-0.05, 0) is 61.3 Å². The van der Waals surface area contributed by atoms with Crippen LogP contribution in [0.15, 0.2) is 30.5 Å². The number of halogens is 5. The molecule has 2 aliphatic rings. The minimum absolute atomic E-state index is 0.129. The molecular weight excluding hydrogens is 535 g/mol. The fraction of sp³-hybridized carbons (Fsp3) is 0.556. The topological polar surface area (TPSA) is 105 Å². The summed E-state index contributed by atoms with van der Waals surface area (Å²) in [6, 6.07) is 5.80. The SMILES string of the molecule is Cn1nccc1C(=O)N[C@H](c1nc2ccc([C@H](NC(=O)CCC(F)(F)F)C3CC3)cc2[nH]1)C1CCC(F)(F)CC1. The maximum absolute atomic E-state index is 13.9. The highest BCUT2D eigenvalue weighted by Crippen LogP contribution is 2.43. The number of aromatic nitrogens is 4. The van der Waals surface area contributed by atoms with Gasteiger partial charge in [-0.25, -0.2) is 13.8 Å². The molecular formula is C27H31F5N6O2. The average molecular weight is 567 g/mol. The maximum atomic E-state index is 13.9. The Bertz CT molecular complexity index is 1370. The molecule has 1 aromatic carbocycles. The smallest absolute Gasteiger partial charge is 0.349 e. The minimum Gasteiger partial charge on any atom is -0.349 e. The van der Waals surface area contributed by atoms with Crippen LogP contribution in [0.2, 0.25) is 0 Å². The third kappa shape index (κ3) is 6.61. The fourth-order valence-corrected chi connectivity index (χ4v) is 5.41. The lowest BCUT2D eigenvalue weighted by Crippen LogP contribution is -2.38. The van der Waals surface area contributed by atoms with Gasteiger partial charge >= 0.3 is 6.18 Å². The van der Waals surface area contributed by atoms with Gasteiger partial charge in [0.25, 0.3) is 5.91 Å². The van der Waals surface area contributed by atoms with Crippen LogP contribution in [0, 0.1) is 11.8 Å². The van der Waals surface area contributed by atoms with Gasteiger partial charge in [0.05, 0.1) is 29.5 Å². The maximum Gasteiger partial charge on any atom is 0.389 e. The Labute approximate surface area is 227 Å². The Kier molecular flexibility index (Phi) is 7.58. The summed E-state index contributed by atoms with van der Waals surface area (Å²) in [5, 5.41) is 9.75. The molecule has 2 atom stereocenters. The number of aryl methyl sites for hydroxylation is 1. The van der Waals surface area contributed by atoms with E-state index in [1.807, 2.05) is 0 Å². The summed E-state index contributed by atoms with van der Waals surface area (Å²) in [7, 11) is 1.63. The number of hydrogen-bond donors (Lipinski definition) is 3.